The van der Waals surface area contributed by atoms with Gasteiger partial charge >= 0.3 is 0 Å². The molecule has 1 heterocycles. The van der Waals surface area contributed by atoms with E-state index in [4.69, 9.17) is 0 Å². The molecule has 7 rings (SSSR count). The topological polar surface area (TPSA) is 12.0 Å². The van der Waals surface area contributed by atoms with E-state index >= 15 is 0 Å². The number of fused-ring (bicyclic) bond motifs is 6. The van der Waals surface area contributed by atoms with Gasteiger partial charge in [0.1, 0.15) is 0 Å². The number of benzene rings is 5. The quantitative estimate of drug-likeness (QED) is 0.273. The largest absolute Gasteiger partial charge is 0.356 e. The first-order chi connectivity index (χ1) is 17.2. The highest BCUT2D eigenvalue weighted by molar-refractivity contribution is 7.25. The van der Waals surface area contributed by atoms with Crippen molar-refractivity contribution < 1.29 is 0 Å². The molecule has 0 fully saturated rings. The lowest BCUT2D eigenvalue weighted by Crippen LogP contribution is -2.04. The molecular weight excluding hydrogens is 442 g/mol. The predicted octanol–water partition coefficient (Wildman–Crippen LogP) is 9.82. The van der Waals surface area contributed by atoms with Crippen LogP contribution >= 0.6 is 11.3 Å². The third kappa shape index (κ3) is 3.53. The zero-order valence-electron chi connectivity index (χ0n) is 19.6. The van der Waals surface area contributed by atoms with Crippen molar-refractivity contribution in [3.8, 4) is 11.1 Å². The van der Waals surface area contributed by atoms with Gasteiger partial charge in [0.2, 0.25) is 0 Å². The van der Waals surface area contributed by atoms with Crippen molar-refractivity contribution in [1.82, 2.24) is 0 Å². The maximum Gasteiger partial charge on any atom is 0.0391 e. The summed E-state index contributed by atoms with van der Waals surface area (Å²) in [5.74, 6) is 0.591. The highest BCUT2D eigenvalue weighted by atomic mass is 32.1. The number of anilines is 2. The fourth-order valence-electron chi connectivity index (χ4n) is 5.43. The monoisotopic (exact) mass is 467 g/mol. The predicted molar refractivity (Wildman–Crippen MR) is 154 cm³/mol. The van der Waals surface area contributed by atoms with Crippen LogP contribution in [-0.2, 0) is 6.42 Å². The van der Waals surface area contributed by atoms with Crippen LogP contribution in [0.4, 0.5) is 11.4 Å². The molecule has 1 aliphatic carbocycles. The second-order valence-electron chi connectivity index (χ2n) is 9.59. The Hall–Kier alpha value is -3.88. The summed E-state index contributed by atoms with van der Waals surface area (Å²) in [6.45, 7) is 2.30. The lowest BCUT2D eigenvalue weighted by molar-refractivity contribution is 0.721. The molecule has 1 unspecified atom stereocenters. The van der Waals surface area contributed by atoms with Gasteiger partial charge in [-0.3, -0.25) is 0 Å². The van der Waals surface area contributed by atoms with Gasteiger partial charge in [0.15, 0.2) is 0 Å². The summed E-state index contributed by atoms with van der Waals surface area (Å²) in [6.07, 6.45) is 5.75. The van der Waals surface area contributed by atoms with E-state index in [1.54, 1.807) is 0 Å². The summed E-state index contributed by atoms with van der Waals surface area (Å²) < 4.78 is 2.67. The van der Waals surface area contributed by atoms with E-state index in [9.17, 15) is 0 Å². The van der Waals surface area contributed by atoms with Gasteiger partial charge in [-0.15, -0.1) is 11.3 Å². The Morgan fingerprint density at radius 3 is 2.26 bits per heavy atom. The molecule has 168 valence electrons. The summed E-state index contributed by atoms with van der Waals surface area (Å²) in [7, 11) is 0. The zero-order valence-corrected chi connectivity index (χ0v) is 20.4. The van der Waals surface area contributed by atoms with Crippen LogP contribution < -0.4 is 5.32 Å². The first-order valence-corrected chi connectivity index (χ1v) is 13.1. The average molecular weight is 468 g/mol. The number of thiophene rings is 1. The molecule has 0 amide bonds. The normalized spacial score (nSPS) is 15.1. The minimum Gasteiger partial charge on any atom is -0.356 e. The van der Waals surface area contributed by atoms with Crippen molar-refractivity contribution in [2.24, 2.45) is 5.92 Å². The zero-order chi connectivity index (χ0) is 23.4. The summed E-state index contributed by atoms with van der Waals surface area (Å²) in [6, 6.07) is 35.4. The van der Waals surface area contributed by atoms with Gasteiger partial charge in [-0.05, 0) is 87.8 Å². The molecule has 0 aliphatic heterocycles. The molecule has 1 nitrogen and oxygen atoms in total. The molecular formula is C33H25NS. The van der Waals surface area contributed by atoms with Crippen molar-refractivity contribution in [3.05, 3.63) is 114 Å². The van der Waals surface area contributed by atoms with E-state index in [1.807, 2.05) is 11.3 Å². The minimum atomic E-state index is 0.591. The second kappa shape index (κ2) is 8.11. The van der Waals surface area contributed by atoms with Crippen molar-refractivity contribution in [1.29, 1.82) is 0 Å². The minimum absolute atomic E-state index is 0.591. The Morgan fingerprint density at radius 2 is 1.40 bits per heavy atom. The average Bonchev–Trinajstić information content (AvgIpc) is 3.27. The highest BCUT2D eigenvalue weighted by Crippen LogP contribution is 2.38. The van der Waals surface area contributed by atoms with Gasteiger partial charge in [-0.2, -0.15) is 0 Å². The van der Waals surface area contributed by atoms with E-state index in [2.05, 4.69) is 121 Å². The molecule has 1 aromatic heterocycles. The van der Waals surface area contributed by atoms with Gasteiger partial charge in [-0.1, -0.05) is 73.7 Å². The Morgan fingerprint density at radius 1 is 0.686 bits per heavy atom. The first kappa shape index (κ1) is 20.5. The van der Waals surface area contributed by atoms with E-state index in [0.717, 1.165) is 17.8 Å². The van der Waals surface area contributed by atoms with Crippen LogP contribution in [-0.4, -0.2) is 0 Å². The Balaban J connectivity index is 1.24. The summed E-state index contributed by atoms with van der Waals surface area (Å²) >= 11 is 1.85. The van der Waals surface area contributed by atoms with Crippen LogP contribution in [0, 0.1) is 5.92 Å². The third-order valence-corrected chi connectivity index (χ3v) is 8.33. The lowest BCUT2D eigenvalue weighted by atomic mass is 9.84. The van der Waals surface area contributed by atoms with E-state index in [0.29, 0.717) is 5.92 Å². The first-order valence-electron chi connectivity index (χ1n) is 12.2. The van der Waals surface area contributed by atoms with Crippen molar-refractivity contribution >= 4 is 59.7 Å². The van der Waals surface area contributed by atoms with Crippen molar-refractivity contribution in [3.63, 3.8) is 0 Å². The van der Waals surface area contributed by atoms with E-state index < -0.39 is 0 Å². The molecule has 0 radical (unpaired) electrons. The molecule has 0 spiro atoms. The molecule has 5 aromatic carbocycles. The fourth-order valence-corrected chi connectivity index (χ4v) is 6.52. The SMILES string of the molecule is CC1C=Cc2cc(-c3ccc(Nc4ccc5sc6ccccc6c5c4)cc3)c3ccccc3c2C1. The summed E-state index contributed by atoms with van der Waals surface area (Å²) in [4.78, 5) is 0. The molecule has 0 saturated heterocycles. The molecule has 1 aliphatic rings. The Bertz CT molecular complexity index is 1750. The van der Waals surface area contributed by atoms with Crippen LogP contribution in [0.15, 0.2) is 103 Å². The van der Waals surface area contributed by atoms with E-state index in [1.165, 1.54) is 53.2 Å². The smallest absolute Gasteiger partial charge is 0.0391 e. The number of rotatable bonds is 3. The van der Waals surface area contributed by atoms with Crippen LogP contribution in [0.5, 0.6) is 0 Å². The van der Waals surface area contributed by atoms with Crippen LogP contribution in [0.1, 0.15) is 18.1 Å². The van der Waals surface area contributed by atoms with Gasteiger partial charge < -0.3 is 5.32 Å². The lowest BCUT2D eigenvalue weighted by Gasteiger charge is -2.20. The van der Waals surface area contributed by atoms with Crippen LogP contribution in [0.2, 0.25) is 0 Å². The third-order valence-electron chi connectivity index (χ3n) is 7.18. The van der Waals surface area contributed by atoms with Gasteiger partial charge in [0, 0.05) is 31.5 Å². The van der Waals surface area contributed by atoms with Crippen molar-refractivity contribution in [2.75, 3.05) is 5.32 Å². The van der Waals surface area contributed by atoms with Gasteiger partial charge in [0.25, 0.3) is 0 Å². The number of nitrogens with one attached hydrogen (secondary N) is 1. The maximum absolute atomic E-state index is 3.61. The Kier molecular flexibility index (Phi) is 4.75. The van der Waals surface area contributed by atoms with Crippen LogP contribution in [0.25, 0.3) is 48.1 Å². The highest BCUT2D eigenvalue weighted by Gasteiger charge is 2.16. The second-order valence-corrected chi connectivity index (χ2v) is 10.7. The van der Waals surface area contributed by atoms with Crippen molar-refractivity contribution in [2.45, 2.75) is 13.3 Å². The standard InChI is InChI=1S/C33H25NS/c1-21-10-11-23-19-30(27-7-3-2-6-26(27)29(23)18-21)22-12-14-24(15-13-22)34-25-16-17-33-31(20-25)28-8-4-5-9-32(28)35-33/h2-17,19-21,34H,18H2,1H3. The molecule has 0 saturated carbocycles. The summed E-state index contributed by atoms with van der Waals surface area (Å²) in [5, 5.41) is 8.98. The molecule has 1 N–H and O–H groups in total. The Labute approximate surface area is 209 Å². The fraction of sp³-hybridized carbons (Fsp3) is 0.0909. The molecule has 1 atom stereocenters. The van der Waals surface area contributed by atoms with Gasteiger partial charge in [-0.25, -0.2) is 0 Å². The molecule has 6 aromatic rings. The van der Waals surface area contributed by atoms with E-state index in [-0.39, 0.29) is 0 Å². The number of hydrogen-bond donors (Lipinski definition) is 1. The molecule has 2 heteroatoms. The number of allylic oxidation sites excluding steroid dienone is 1. The van der Waals surface area contributed by atoms with Crippen LogP contribution in [0.3, 0.4) is 0 Å². The molecule has 0 bridgehead atoms. The maximum atomic E-state index is 3.61. The summed E-state index contributed by atoms with van der Waals surface area (Å²) in [5.41, 5.74) is 7.61. The number of hydrogen-bond acceptors (Lipinski definition) is 2. The molecule has 35 heavy (non-hydrogen) atoms. The van der Waals surface area contributed by atoms with Gasteiger partial charge in [0.05, 0.1) is 0 Å².